The molecule has 1 heterocycles. The fourth-order valence-electron chi connectivity index (χ4n) is 1.45. The van der Waals surface area contributed by atoms with Crippen molar-refractivity contribution in [3.8, 4) is 0 Å². The summed E-state index contributed by atoms with van der Waals surface area (Å²) in [5, 5.41) is 10.2. The Labute approximate surface area is 98.9 Å². The van der Waals surface area contributed by atoms with Crippen molar-refractivity contribution in [2.75, 3.05) is 0 Å². The molecule has 1 amide bonds. The molecule has 0 spiro atoms. The van der Waals surface area contributed by atoms with E-state index in [0.29, 0.717) is 17.3 Å². The van der Waals surface area contributed by atoms with Gasteiger partial charge in [-0.05, 0) is 19.1 Å². The molecule has 5 heteroatoms. The van der Waals surface area contributed by atoms with Crippen LogP contribution in [0.25, 0.3) is 0 Å². The highest BCUT2D eigenvalue weighted by atomic mass is 16.4. The van der Waals surface area contributed by atoms with Gasteiger partial charge in [-0.1, -0.05) is 17.7 Å². The first kappa shape index (κ1) is 11.3. The number of rotatable bonds is 3. The normalized spacial score (nSPS) is 10.2. The van der Waals surface area contributed by atoms with Gasteiger partial charge in [0.25, 0.3) is 5.91 Å². The number of hydrogen-bond donors (Lipinski definition) is 1. The van der Waals surface area contributed by atoms with Gasteiger partial charge in [0, 0.05) is 12.5 Å². The van der Waals surface area contributed by atoms with E-state index in [1.807, 2.05) is 25.1 Å². The van der Waals surface area contributed by atoms with E-state index < -0.39 is 0 Å². The summed E-state index contributed by atoms with van der Waals surface area (Å²) in [5.41, 5.74) is 1.67. The van der Waals surface area contributed by atoms with E-state index in [-0.39, 0.29) is 12.5 Å². The number of nitrogens with zero attached hydrogens (tertiary/aromatic N) is 2. The SMILES string of the molecule is Cc1cccc(C(=O)NCc2nnc(C)o2)c1. The predicted octanol–water partition coefficient (Wildman–Crippen LogP) is 1.62. The number of aryl methyl sites for hydroxylation is 2. The molecule has 17 heavy (non-hydrogen) atoms. The number of carbonyl (C=O) groups excluding carboxylic acids is 1. The molecule has 5 nitrogen and oxygen atoms in total. The second-order valence-electron chi connectivity index (χ2n) is 3.77. The second-order valence-corrected chi connectivity index (χ2v) is 3.77. The van der Waals surface area contributed by atoms with Gasteiger partial charge in [0.15, 0.2) is 0 Å². The van der Waals surface area contributed by atoms with Gasteiger partial charge < -0.3 is 9.73 Å². The summed E-state index contributed by atoms with van der Waals surface area (Å²) in [7, 11) is 0. The van der Waals surface area contributed by atoms with E-state index in [1.54, 1.807) is 13.0 Å². The lowest BCUT2D eigenvalue weighted by Crippen LogP contribution is -2.22. The highest BCUT2D eigenvalue weighted by Gasteiger charge is 2.07. The van der Waals surface area contributed by atoms with Gasteiger partial charge in [-0.2, -0.15) is 0 Å². The molecule has 0 radical (unpaired) electrons. The van der Waals surface area contributed by atoms with E-state index in [1.165, 1.54) is 0 Å². The van der Waals surface area contributed by atoms with Crippen molar-refractivity contribution < 1.29 is 9.21 Å². The molecule has 0 aliphatic carbocycles. The van der Waals surface area contributed by atoms with Gasteiger partial charge in [0.1, 0.15) is 0 Å². The molecular formula is C12H13N3O2. The topological polar surface area (TPSA) is 68.0 Å². The zero-order valence-electron chi connectivity index (χ0n) is 9.73. The van der Waals surface area contributed by atoms with E-state index in [4.69, 9.17) is 4.42 Å². The molecule has 0 saturated heterocycles. The molecule has 0 unspecified atom stereocenters. The Hall–Kier alpha value is -2.17. The van der Waals surface area contributed by atoms with Crippen molar-refractivity contribution in [3.05, 3.63) is 47.2 Å². The molecule has 88 valence electrons. The third-order valence-corrected chi connectivity index (χ3v) is 2.25. The van der Waals surface area contributed by atoms with Crippen LogP contribution in [0.2, 0.25) is 0 Å². The molecule has 0 fully saturated rings. The van der Waals surface area contributed by atoms with Crippen molar-refractivity contribution in [2.24, 2.45) is 0 Å². The number of hydrogen-bond acceptors (Lipinski definition) is 4. The van der Waals surface area contributed by atoms with Gasteiger partial charge >= 0.3 is 0 Å². The summed E-state index contributed by atoms with van der Waals surface area (Å²) in [6, 6.07) is 7.38. The van der Waals surface area contributed by atoms with Crippen molar-refractivity contribution in [3.63, 3.8) is 0 Å². The van der Waals surface area contributed by atoms with Crippen LogP contribution in [0.15, 0.2) is 28.7 Å². The van der Waals surface area contributed by atoms with Crippen LogP contribution in [0, 0.1) is 13.8 Å². The fourth-order valence-corrected chi connectivity index (χ4v) is 1.45. The Morgan fingerprint density at radius 1 is 1.35 bits per heavy atom. The highest BCUT2D eigenvalue weighted by Crippen LogP contribution is 2.04. The number of nitrogens with one attached hydrogen (secondary N) is 1. The Bertz CT molecular complexity index is 534. The van der Waals surface area contributed by atoms with Crippen LogP contribution in [0.3, 0.4) is 0 Å². The lowest BCUT2D eigenvalue weighted by atomic mass is 10.1. The Balaban J connectivity index is 1.98. The molecule has 2 rings (SSSR count). The zero-order valence-corrected chi connectivity index (χ0v) is 9.73. The van der Waals surface area contributed by atoms with Gasteiger partial charge in [-0.3, -0.25) is 4.79 Å². The first-order chi connectivity index (χ1) is 8.15. The number of carbonyl (C=O) groups is 1. The van der Waals surface area contributed by atoms with Crippen molar-refractivity contribution in [2.45, 2.75) is 20.4 Å². The zero-order chi connectivity index (χ0) is 12.3. The minimum Gasteiger partial charge on any atom is -0.424 e. The average Bonchev–Trinajstić information content (AvgIpc) is 2.72. The molecule has 1 aromatic carbocycles. The molecule has 1 N–H and O–H groups in total. The summed E-state index contributed by atoms with van der Waals surface area (Å²) in [6.07, 6.45) is 0. The van der Waals surface area contributed by atoms with Crippen molar-refractivity contribution in [1.29, 1.82) is 0 Å². The van der Waals surface area contributed by atoms with Crippen LogP contribution >= 0.6 is 0 Å². The highest BCUT2D eigenvalue weighted by molar-refractivity contribution is 5.94. The summed E-state index contributed by atoms with van der Waals surface area (Å²) >= 11 is 0. The smallest absolute Gasteiger partial charge is 0.251 e. The summed E-state index contributed by atoms with van der Waals surface area (Å²) in [5.74, 6) is 0.748. The maximum Gasteiger partial charge on any atom is 0.251 e. The second kappa shape index (κ2) is 4.78. The van der Waals surface area contributed by atoms with E-state index in [9.17, 15) is 4.79 Å². The molecule has 2 aromatic rings. The maximum atomic E-state index is 11.8. The third-order valence-electron chi connectivity index (χ3n) is 2.25. The van der Waals surface area contributed by atoms with E-state index >= 15 is 0 Å². The number of benzene rings is 1. The third kappa shape index (κ3) is 2.90. The number of aromatic nitrogens is 2. The molecule has 0 bridgehead atoms. The number of amides is 1. The first-order valence-electron chi connectivity index (χ1n) is 5.29. The van der Waals surface area contributed by atoms with Gasteiger partial charge in [-0.15, -0.1) is 10.2 Å². The monoisotopic (exact) mass is 231 g/mol. The summed E-state index contributed by atoms with van der Waals surface area (Å²) in [6.45, 7) is 3.89. The van der Waals surface area contributed by atoms with Crippen LogP contribution in [-0.2, 0) is 6.54 Å². The average molecular weight is 231 g/mol. The first-order valence-corrected chi connectivity index (χ1v) is 5.29. The minimum atomic E-state index is -0.149. The minimum absolute atomic E-state index is 0.149. The lowest BCUT2D eigenvalue weighted by molar-refractivity contribution is 0.0947. The van der Waals surface area contributed by atoms with Crippen LogP contribution in [0.4, 0.5) is 0 Å². The molecule has 0 aliphatic heterocycles. The molecule has 0 aliphatic rings. The Morgan fingerprint density at radius 2 is 2.18 bits per heavy atom. The Kier molecular flexibility index (Phi) is 3.18. The predicted molar refractivity (Wildman–Crippen MR) is 61.4 cm³/mol. The van der Waals surface area contributed by atoms with Crippen LogP contribution in [0.5, 0.6) is 0 Å². The van der Waals surface area contributed by atoms with E-state index in [0.717, 1.165) is 5.56 Å². The van der Waals surface area contributed by atoms with Crippen LogP contribution < -0.4 is 5.32 Å². The quantitative estimate of drug-likeness (QED) is 0.871. The fraction of sp³-hybridized carbons (Fsp3) is 0.250. The van der Waals surface area contributed by atoms with Gasteiger partial charge in [0.2, 0.25) is 11.8 Å². The summed E-state index contributed by atoms with van der Waals surface area (Å²) < 4.78 is 5.16. The van der Waals surface area contributed by atoms with Crippen molar-refractivity contribution >= 4 is 5.91 Å². The van der Waals surface area contributed by atoms with Gasteiger partial charge in [0.05, 0.1) is 6.54 Å². The molecule has 0 saturated carbocycles. The van der Waals surface area contributed by atoms with Gasteiger partial charge in [-0.25, -0.2) is 0 Å². The van der Waals surface area contributed by atoms with Crippen LogP contribution in [-0.4, -0.2) is 16.1 Å². The molecule has 1 aromatic heterocycles. The lowest BCUT2D eigenvalue weighted by Gasteiger charge is -2.03. The largest absolute Gasteiger partial charge is 0.424 e. The molecular weight excluding hydrogens is 218 g/mol. The van der Waals surface area contributed by atoms with Crippen LogP contribution in [0.1, 0.15) is 27.7 Å². The van der Waals surface area contributed by atoms with E-state index in [2.05, 4.69) is 15.5 Å². The Morgan fingerprint density at radius 3 is 2.82 bits per heavy atom. The summed E-state index contributed by atoms with van der Waals surface area (Å²) in [4.78, 5) is 11.8. The molecule has 0 atom stereocenters. The maximum absolute atomic E-state index is 11.8. The van der Waals surface area contributed by atoms with Crippen molar-refractivity contribution in [1.82, 2.24) is 15.5 Å². The standard InChI is InChI=1S/C12H13N3O2/c1-8-4-3-5-10(6-8)12(16)13-7-11-15-14-9(2)17-11/h3-6H,7H2,1-2H3,(H,13,16).